The van der Waals surface area contributed by atoms with Crippen LogP contribution < -0.4 is 16.4 Å². The third kappa shape index (κ3) is 2.91. The van der Waals surface area contributed by atoms with E-state index in [4.69, 9.17) is 11.5 Å². The fourth-order valence-electron chi connectivity index (χ4n) is 2.49. The highest BCUT2D eigenvalue weighted by molar-refractivity contribution is 5.72. The van der Waals surface area contributed by atoms with Gasteiger partial charge in [0, 0.05) is 38.4 Å². The van der Waals surface area contributed by atoms with Crippen LogP contribution in [0.5, 0.6) is 0 Å². The molecule has 8 heteroatoms. The Morgan fingerprint density at radius 2 is 1.77 bits per heavy atom. The molecule has 0 bridgehead atoms. The highest BCUT2D eigenvalue weighted by atomic mass is 15.3. The number of likely N-dealkylation sites (N-methyl/N-ethyl adjacent to an activating group) is 1. The highest BCUT2D eigenvalue weighted by Gasteiger charge is 2.17. The van der Waals surface area contributed by atoms with Gasteiger partial charge in [-0.3, -0.25) is 0 Å². The number of nitrogens with two attached hydrogens (primary N) is 2. The lowest BCUT2D eigenvalue weighted by atomic mass is 10.2. The van der Waals surface area contributed by atoms with Crippen LogP contribution in [0, 0.1) is 6.92 Å². The Hall–Kier alpha value is -2.48. The standard InChI is InChI=1S/C14H20N8/c1-9-18-11(10-8-17-14(16)20-13(10)15)7-12(19-9)22-5-3-21(2)4-6-22/h7-8H,3-6H2,1-2H3,(H4,15,16,17,20). The van der Waals surface area contributed by atoms with E-state index in [1.54, 1.807) is 6.20 Å². The van der Waals surface area contributed by atoms with Crippen molar-refractivity contribution in [3.63, 3.8) is 0 Å². The number of aromatic nitrogens is 4. The van der Waals surface area contributed by atoms with Crippen LogP contribution in [0.15, 0.2) is 12.3 Å². The normalized spacial score (nSPS) is 16.0. The van der Waals surface area contributed by atoms with Crippen molar-refractivity contribution in [1.82, 2.24) is 24.8 Å². The van der Waals surface area contributed by atoms with Gasteiger partial charge in [-0.2, -0.15) is 4.98 Å². The average molecular weight is 300 g/mol. The molecule has 0 saturated carbocycles. The van der Waals surface area contributed by atoms with Gasteiger partial charge in [-0.05, 0) is 14.0 Å². The molecule has 22 heavy (non-hydrogen) atoms. The van der Waals surface area contributed by atoms with Gasteiger partial charge >= 0.3 is 0 Å². The maximum absolute atomic E-state index is 5.94. The Bertz CT molecular complexity index is 679. The first kappa shape index (κ1) is 14.5. The van der Waals surface area contributed by atoms with E-state index in [-0.39, 0.29) is 5.95 Å². The third-order valence-electron chi connectivity index (χ3n) is 3.76. The highest BCUT2D eigenvalue weighted by Crippen LogP contribution is 2.25. The minimum atomic E-state index is 0.159. The molecule has 0 aliphatic carbocycles. The second kappa shape index (κ2) is 5.72. The minimum Gasteiger partial charge on any atom is -0.383 e. The predicted octanol–water partition coefficient (Wildman–Crippen LogP) is 0.158. The van der Waals surface area contributed by atoms with Crippen molar-refractivity contribution >= 4 is 17.6 Å². The molecule has 0 spiro atoms. The van der Waals surface area contributed by atoms with Crippen LogP contribution in [-0.2, 0) is 0 Å². The number of aryl methyl sites for hydroxylation is 1. The predicted molar refractivity (Wildman–Crippen MR) is 86.3 cm³/mol. The Labute approximate surface area is 129 Å². The van der Waals surface area contributed by atoms with Crippen LogP contribution in [0.1, 0.15) is 5.82 Å². The summed E-state index contributed by atoms with van der Waals surface area (Å²) in [5.41, 5.74) is 12.9. The first-order valence-corrected chi connectivity index (χ1v) is 7.20. The van der Waals surface area contributed by atoms with Crippen LogP contribution >= 0.6 is 0 Å². The van der Waals surface area contributed by atoms with Crippen LogP contribution in [0.4, 0.5) is 17.6 Å². The van der Waals surface area contributed by atoms with Gasteiger partial charge in [-0.15, -0.1) is 0 Å². The molecule has 0 amide bonds. The maximum atomic E-state index is 5.94. The van der Waals surface area contributed by atoms with E-state index in [9.17, 15) is 0 Å². The van der Waals surface area contributed by atoms with Gasteiger partial charge in [-0.25, -0.2) is 15.0 Å². The number of anilines is 3. The van der Waals surface area contributed by atoms with E-state index >= 15 is 0 Å². The number of nitrogens with zero attached hydrogens (tertiary/aromatic N) is 6. The van der Waals surface area contributed by atoms with E-state index in [1.807, 2.05) is 13.0 Å². The van der Waals surface area contributed by atoms with Crippen molar-refractivity contribution in [1.29, 1.82) is 0 Å². The van der Waals surface area contributed by atoms with Gasteiger partial charge in [0.15, 0.2) is 0 Å². The second-order valence-corrected chi connectivity index (χ2v) is 5.48. The molecule has 2 aromatic heterocycles. The molecule has 1 aliphatic rings. The van der Waals surface area contributed by atoms with Gasteiger partial charge in [0.05, 0.1) is 11.3 Å². The summed E-state index contributed by atoms with van der Waals surface area (Å²) in [5, 5.41) is 0. The largest absolute Gasteiger partial charge is 0.383 e. The van der Waals surface area contributed by atoms with Gasteiger partial charge in [0.25, 0.3) is 0 Å². The SMILES string of the molecule is Cc1nc(-c2cnc(N)nc2N)cc(N2CCN(C)CC2)n1. The summed E-state index contributed by atoms with van der Waals surface area (Å²) in [6, 6.07) is 1.93. The molecule has 116 valence electrons. The molecule has 3 rings (SSSR count). The van der Waals surface area contributed by atoms with Crippen molar-refractivity contribution in [2.24, 2.45) is 0 Å². The summed E-state index contributed by atoms with van der Waals surface area (Å²) in [5.74, 6) is 2.09. The Morgan fingerprint density at radius 3 is 2.45 bits per heavy atom. The molecule has 0 aromatic carbocycles. The zero-order valence-corrected chi connectivity index (χ0v) is 12.8. The van der Waals surface area contributed by atoms with Gasteiger partial charge in [-0.1, -0.05) is 0 Å². The van der Waals surface area contributed by atoms with E-state index in [2.05, 4.69) is 36.8 Å². The zero-order valence-electron chi connectivity index (χ0n) is 12.8. The molecule has 8 nitrogen and oxygen atoms in total. The lowest BCUT2D eigenvalue weighted by molar-refractivity contribution is 0.312. The van der Waals surface area contributed by atoms with Gasteiger partial charge in [0.2, 0.25) is 5.95 Å². The molecule has 0 unspecified atom stereocenters. The fraction of sp³-hybridized carbons (Fsp3) is 0.429. The third-order valence-corrected chi connectivity index (χ3v) is 3.76. The van der Waals surface area contributed by atoms with Gasteiger partial charge in [0.1, 0.15) is 17.5 Å². The molecule has 0 radical (unpaired) electrons. The van der Waals surface area contributed by atoms with Crippen LogP contribution in [-0.4, -0.2) is 58.1 Å². The van der Waals surface area contributed by atoms with E-state index in [0.717, 1.165) is 37.7 Å². The van der Waals surface area contributed by atoms with E-state index < -0.39 is 0 Å². The lowest BCUT2D eigenvalue weighted by Crippen LogP contribution is -2.44. The molecular formula is C14H20N8. The van der Waals surface area contributed by atoms with Crippen molar-refractivity contribution in [2.45, 2.75) is 6.92 Å². The molecule has 1 aliphatic heterocycles. The number of hydrogen-bond acceptors (Lipinski definition) is 8. The molecule has 2 aromatic rings. The number of rotatable bonds is 2. The first-order chi connectivity index (χ1) is 10.5. The minimum absolute atomic E-state index is 0.159. The monoisotopic (exact) mass is 300 g/mol. The quantitative estimate of drug-likeness (QED) is 0.807. The van der Waals surface area contributed by atoms with E-state index in [1.165, 1.54) is 0 Å². The Balaban J connectivity index is 1.96. The van der Waals surface area contributed by atoms with Crippen molar-refractivity contribution in [3.8, 4) is 11.3 Å². The first-order valence-electron chi connectivity index (χ1n) is 7.20. The molecule has 0 atom stereocenters. The summed E-state index contributed by atoms with van der Waals surface area (Å²) in [6.07, 6.45) is 1.60. The summed E-state index contributed by atoms with van der Waals surface area (Å²) in [7, 11) is 2.13. The Kier molecular flexibility index (Phi) is 3.76. The lowest BCUT2D eigenvalue weighted by Gasteiger charge is -2.33. The van der Waals surface area contributed by atoms with Gasteiger partial charge < -0.3 is 21.3 Å². The van der Waals surface area contributed by atoms with Crippen LogP contribution in [0.2, 0.25) is 0 Å². The summed E-state index contributed by atoms with van der Waals surface area (Å²) >= 11 is 0. The summed E-state index contributed by atoms with van der Waals surface area (Å²) < 4.78 is 0. The molecule has 3 heterocycles. The van der Waals surface area contributed by atoms with E-state index in [0.29, 0.717) is 17.2 Å². The van der Waals surface area contributed by atoms with Crippen LogP contribution in [0.25, 0.3) is 11.3 Å². The van der Waals surface area contributed by atoms with Crippen LogP contribution in [0.3, 0.4) is 0 Å². The van der Waals surface area contributed by atoms with Crippen molar-refractivity contribution < 1.29 is 0 Å². The van der Waals surface area contributed by atoms with Crippen molar-refractivity contribution in [3.05, 3.63) is 18.1 Å². The number of piperazine rings is 1. The van der Waals surface area contributed by atoms with Crippen molar-refractivity contribution in [2.75, 3.05) is 49.6 Å². The molecular weight excluding hydrogens is 280 g/mol. The summed E-state index contributed by atoms with van der Waals surface area (Å²) in [4.78, 5) is 21.6. The molecule has 1 saturated heterocycles. The topological polar surface area (TPSA) is 110 Å². The molecule has 1 fully saturated rings. The smallest absolute Gasteiger partial charge is 0.221 e. The number of nitrogen functional groups attached to an aromatic ring is 2. The molecule has 4 N–H and O–H groups in total. The average Bonchev–Trinajstić information content (AvgIpc) is 2.47. The summed E-state index contributed by atoms with van der Waals surface area (Å²) in [6.45, 7) is 5.80. The maximum Gasteiger partial charge on any atom is 0.221 e. The second-order valence-electron chi connectivity index (χ2n) is 5.48. The fourth-order valence-corrected chi connectivity index (χ4v) is 2.49. The zero-order chi connectivity index (χ0) is 15.7. The Morgan fingerprint density at radius 1 is 1.05 bits per heavy atom. The number of hydrogen-bond donors (Lipinski definition) is 2.